The number of carbonyl (C=O) groups excluding carboxylic acids is 2. The van der Waals surface area contributed by atoms with Crippen LogP contribution in [0.3, 0.4) is 0 Å². The number of cyclic esters (lactones) is 1. The summed E-state index contributed by atoms with van der Waals surface area (Å²) in [5.74, 6) is -0.461. The summed E-state index contributed by atoms with van der Waals surface area (Å²) < 4.78 is 5.07. The van der Waals surface area contributed by atoms with Crippen molar-refractivity contribution in [1.82, 2.24) is 4.90 Å². The van der Waals surface area contributed by atoms with Gasteiger partial charge in [0.05, 0.1) is 6.42 Å². The van der Waals surface area contributed by atoms with Crippen LogP contribution in [0.2, 0.25) is 0 Å². The number of nitrogens with one attached hydrogen (secondary N) is 1. The van der Waals surface area contributed by atoms with Crippen LogP contribution in [0.4, 0.5) is 5.69 Å². The molecule has 0 bridgehead atoms. The molecule has 1 amide bonds. The summed E-state index contributed by atoms with van der Waals surface area (Å²) in [7, 11) is 0. The molecule has 0 unspecified atom stereocenters. The highest BCUT2D eigenvalue weighted by Crippen LogP contribution is 2.15. The van der Waals surface area contributed by atoms with Crippen molar-refractivity contribution in [2.45, 2.75) is 32.7 Å². The second-order valence-electron chi connectivity index (χ2n) is 5.34. The lowest BCUT2D eigenvalue weighted by Gasteiger charge is -2.33. The lowest BCUT2D eigenvalue weighted by atomic mass is 10.1. The number of anilines is 1. The van der Waals surface area contributed by atoms with Gasteiger partial charge in [0.15, 0.2) is 0 Å². The van der Waals surface area contributed by atoms with Crippen LogP contribution >= 0.6 is 0 Å². The highest BCUT2D eigenvalue weighted by molar-refractivity contribution is 5.94. The van der Waals surface area contributed by atoms with E-state index in [1.807, 2.05) is 36.1 Å². The molecular formula is C16H22N2O3. The van der Waals surface area contributed by atoms with E-state index in [1.165, 1.54) is 0 Å². The molecule has 0 radical (unpaired) electrons. The Morgan fingerprint density at radius 2 is 2.10 bits per heavy atom. The van der Waals surface area contributed by atoms with Gasteiger partial charge in [-0.1, -0.05) is 24.6 Å². The highest BCUT2D eigenvalue weighted by atomic mass is 16.5. The Kier molecular flexibility index (Phi) is 5.33. The molecule has 0 spiro atoms. The number of aryl methyl sites for hydroxylation is 1. The van der Waals surface area contributed by atoms with E-state index in [2.05, 4.69) is 12.2 Å². The Morgan fingerprint density at radius 3 is 2.76 bits per heavy atom. The number of ether oxygens (including phenoxy) is 1. The summed E-state index contributed by atoms with van der Waals surface area (Å²) in [6.07, 6.45) is 1.08. The first kappa shape index (κ1) is 15.5. The first-order valence-corrected chi connectivity index (χ1v) is 7.37. The third-order valence-electron chi connectivity index (χ3n) is 3.56. The van der Waals surface area contributed by atoms with Crippen molar-refractivity contribution in [2.24, 2.45) is 0 Å². The van der Waals surface area contributed by atoms with Gasteiger partial charge in [-0.15, -0.1) is 0 Å². The van der Waals surface area contributed by atoms with Crippen molar-refractivity contribution < 1.29 is 14.3 Å². The van der Waals surface area contributed by atoms with Crippen LogP contribution in [-0.4, -0.2) is 42.5 Å². The molecular weight excluding hydrogens is 268 g/mol. The molecule has 1 heterocycles. The smallest absolute Gasteiger partial charge is 0.323 e. The van der Waals surface area contributed by atoms with E-state index >= 15 is 0 Å². The largest absolute Gasteiger partial charge is 0.463 e. The molecule has 1 fully saturated rings. The van der Waals surface area contributed by atoms with E-state index in [4.69, 9.17) is 4.74 Å². The summed E-state index contributed by atoms with van der Waals surface area (Å²) in [6, 6.07) is 7.12. The Balaban J connectivity index is 1.96. The van der Waals surface area contributed by atoms with Gasteiger partial charge in [0.2, 0.25) is 5.91 Å². The number of rotatable bonds is 5. The Labute approximate surface area is 125 Å². The number of nitrogens with zero attached hydrogens (tertiary/aromatic N) is 1. The maximum atomic E-state index is 12.1. The molecule has 2 rings (SSSR count). The Bertz CT molecular complexity index is 497. The minimum absolute atomic E-state index is 0.132. The predicted octanol–water partition coefficient (Wildman–Crippen LogP) is 1.96. The number of hydrogen-bond donors (Lipinski definition) is 1. The Hall–Kier alpha value is -1.88. The molecule has 1 atom stereocenters. The number of amides is 1. The lowest BCUT2D eigenvalue weighted by molar-refractivity contribution is -0.158. The van der Waals surface area contributed by atoms with E-state index < -0.39 is 6.04 Å². The summed E-state index contributed by atoms with van der Waals surface area (Å²) in [5.41, 5.74) is 1.88. The average Bonchev–Trinajstić information content (AvgIpc) is 2.45. The number of hydrogen-bond acceptors (Lipinski definition) is 4. The molecule has 1 aromatic carbocycles. The molecule has 0 aromatic heterocycles. The average molecular weight is 290 g/mol. The normalized spacial score (nSPS) is 19.1. The topological polar surface area (TPSA) is 58.6 Å². The monoisotopic (exact) mass is 290 g/mol. The van der Waals surface area contributed by atoms with Gasteiger partial charge in [-0.3, -0.25) is 14.5 Å². The number of carbonyl (C=O) groups is 2. The first-order chi connectivity index (χ1) is 10.1. The minimum Gasteiger partial charge on any atom is -0.463 e. The second-order valence-corrected chi connectivity index (χ2v) is 5.34. The number of esters is 1. The zero-order chi connectivity index (χ0) is 15.2. The second kappa shape index (κ2) is 7.22. The molecule has 21 heavy (non-hydrogen) atoms. The fourth-order valence-corrected chi connectivity index (χ4v) is 2.46. The summed E-state index contributed by atoms with van der Waals surface area (Å²) in [4.78, 5) is 26.0. The molecule has 5 heteroatoms. The van der Waals surface area contributed by atoms with E-state index in [1.54, 1.807) is 0 Å². The summed E-state index contributed by atoms with van der Waals surface area (Å²) >= 11 is 0. The SMILES string of the molecule is CCCN1CCOC(=O)[C@@H]1CC(=O)Nc1ccc(C)cc1. The zero-order valence-corrected chi connectivity index (χ0v) is 12.6. The van der Waals surface area contributed by atoms with Gasteiger partial charge in [0, 0.05) is 12.2 Å². The van der Waals surface area contributed by atoms with Crippen LogP contribution in [0.1, 0.15) is 25.3 Å². The van der Waals surface area contributed by atoms with Crippen molar-refractivity contribution in [2.75, 3.05) is 25.0 Å². The quantitative estimate of drug-likeness (QED) is 0.842. The van der Waals surface area contributed by atoms with E-state index in [-0.39, 0.29) is 18.3 Å². The third-order valence-corrected chi connectivity index (χ3v) is 3.56. The standard InChI is InChI=1S/C16H22N2O3/c1-3-8-18-9-10-21-16(20)14(18)11-15(19)17-13-6-4-12(2)5-7-13/h4-7,14H,3,8-11H2,1-2H3,(H,17,19)/t14-/m0/s1. The van der Waals surface area contributed by atoms with E-state index in [0.29, 0.717) is 13.2 Å². The maximum Gasteiger partial charge on any atom is 0.323 e. The molecule has 5 nitrogen and oxygen atoms in total. The number of morpholine rings is 1. The summed E-state index contributed by atoms with van der Waals surface area (Å²) in [6.45, 7) is 5.96. The third kappa shape index (κ3) is 4.29. The van der Waals surface area contributed by atoms with Gasteiger partial charge in [-0.25, -0.2) is 0 Å². The van der Waals surface area contributed by atoms with E-state index in [0.717, 1.165) is 24.2 Å². The van der Waals surface area contributed by atoms with Gasteiger partial charge >= 0.3 is 5.97 Å². The van der Waals surface area contributed by atoms with Crippen molar-refractivity contribution in [3.63, 3.8) is 0 Å². The molecule has 1 aromatic rings. The number of benzene rings is 1. The van der Waals surface area contributed by atoms with Crippen LogP contribution < -0.4 is 5.32 Å². The molecule has 1 aliphatic rings. The van der Waals surface area contributed by atoms with Crippen LogP contribution in [-0.2, 0) is 14.3 Å². The zero-order valence-electron chi connectivity index (χ0n) is 12.6. The maximum absolute atomic E-state index is 12.1. The minimum atomic E-state index is -0.468. The molecule has 0 saturated carbocycles. The molecule has 1 aliphatic heterocycles. The molecule has 114 valence electrons. The summed E-state index contributed by atoms with van der Waals surface area (Å²) in [5, 5.41) is 2.83. The van der Waals surface area contributed by atoms with Crippen LogP contribution in [0.5, 0.6) is 0 Å². The molecule has 1 N–H and O–H groups in total. The van der Waals surface area contributed by atoms with Gasteiger partial charge < -0.3 is 10.1 Å². The van der Waals surface area contributed by atoms with Gasteiger partial charge in [-0.2, -0.15) is 0 Å². The first-order valence-electron chi connectivity index (χ1n) is 7.37. The van der Waals surface area contributed by atoms with Crippen molar-refractivity contribution in [1.29, 1.82) is 0 Å². The fraction of sp³-hybridized carbons (Fsp3) is 0.500. The highest BCUT2D eigenvalue weighted by Gasteiger charge is 2.32. The van der Waals surface area contributed by atoms with Gasteiger partial charge in [0.1, 0.15) is 12.6 Å². The van der Waals surface area contributed by atoms with Gasteiger partial charge in [-0.05, 0) is 32.0 Å². The van der Waals surface area contributed by atoms with Crippen molar-refractivity contribution in [3.05, 3.63) is 29.8 Å². The van der Waals surface area contributed by atoms with Crippen LogP contribution in [0.25, 0.3) is 0 Å². The van der Waals surface area contributed by atoms with Crippen LogP contribution in [0, 0.1) is 6.92 Å². The van der Waals surface area contributed by atoms with Crippen molar-refractivity contribution >= 4 is 17.6 Å². The molecule has 1 saturated heterocycles. The van der Waals surface area contributed by atoms with Crippen LogP contribution in [0.15, 0.2) is 24.3 Å². The van der Waals surface area contributed by atoms with E-state index in [9.17, 15) is 9.59 Å². The Morgan fingerprint density at radius 1 is 1.38 bits per heavy atom. The van der Waals surface area contributed by atoms with Crippen molar-refractivity contribution in [3.8, 4) is 0 Å². The van der Waals surface area contributed by atoms with Gasteiger partial charge in [0.25, 0.3) is 0 Å². The fourth-order valence-electron chi connectivity index (χ4n) is 2.46. The molecule has 0 aliphatic carbocycles. The predicted molar refractivity (Wildman–Crippen MR) is 81.0 cm³/mol. The lowest BCUT2D eigenvalue weighted by Crippen LogP contribution is -2.50.